The normalized spacial score (nSPS) is 11.6. The van der Waals surface area contributed by atoms with Gasteiger partial charge in [-0.1, -0.05) is 11.8 Å². The van der Waals surface area contributed by atoms with Crippen molar-refractivity contribution in [2.75, 3.05) is 19.3 Å². The van der Waals surface area contributed by atoms with Gasteiger partial charge >= 0.3 is 0 Å². The summed E-state index contributed by atoms with van der Waals surface area (Å²) in [4.78, 5) is 13.9. The smallest absolute Gasteiger partial charge is 0.244 e. The van der Waals surface area contributed by atoms with Gasteiger partial charge in [0.1, 0.15) is 0 Å². The van der Waals surface area contributed by atoms with E-state index in [2.05, 4.69) is 10.3 Å². The van der Waals surface area contributed by atoms with Gasteiger partial charge in [0, 0.05) is 19.2 Å². The van der Waals surface area contributed by atoms with Gasteiger partial charge in [-0.05, 0) is 7.05 Å². The minimum Gasteiger partial charge on any atom is -0.378 e. The molecule has 0 fully saturated rings. The third-order valence-electron chi connectivity index (χ3n) is 0.870. The number of hydrogen-bond acceptors (Lipinski definition) is 3. The van der Waals surface area contributed by atoms with Crippen LogP contribution in [0.2, 0.25) is 0 Å². The monoisotopic (exact) mass is 175 g/mol. The van der Waals surface area contributed by atoms with E-state index in [1.54, 1.807) is 0 Å². The van der Waals surface area contributed by atoms with Crippen LogP contribution in [0, 0.1) is 0 Å². The van der Waals surface area contributed by atoms with Crippen LogP contribution in [0.1, 0.15) is 6.92 Å². The SMILES string of the molecule is CNCCSC(N)=NC(C)=O. The quantitative estimate of drug-likeness (QED) is 0.354. The van der Waals surface area contributed by atoms with E-state index in [1.807, 2.05) is 7.05 Å². The zero-order valence-electron chi connectivity index (χ0n) is 6.76. The lowest BCUT2D eigenvalue weighted by atomic mass is 10.7. The lowest BCUT2D eigenvalue weighted by Gasteiger charge is -1.97. The van der Waals surface area contributed by atoms with Crippen molar-refractivity contribution in [3.63, 3.8) is 0 Å². The molecule has 3 N–H and O–H groups in total. The molecule has 0 aromatic carbocycles. The van der Waals surface area contributed by atoms with Crippen LogP contribution < -0.4 is 11.1 Å². The number of thioether (sulfide) groups is 1. The Bertz CT molecular complexity index is 158. The molecule has 0 aliphatic heterocycles. The Hall–Kier alpha value is -0.550. The van der Waals surface area contributed by atoms with E-state index in [-0.39, 0.29) is 5.91 Å². The molecule has 1 amide bonds. The first-order chi connectivity index (χ1) is 5.16. The van der Waals surface area contributed by atoms with E-state index >= 15 is 0 Å². The maximum atomic E-state index is 10.4. The summed E-state index contributed by atoms with van der Waals surface area (Å²) in [7, 11) is 1.86. The summed E-state index contributed by atoms with van der Waals surface area (Å²) in [5.74, 6) is 0.582. The number of rotatable bonds is 3. The highest BCUT2D eigenvalue weighted by atomic mass is 32.2. The Balaban J connectivity index is 3.51. The van der Waals surface area contributed by atoms with Crippen LogP contribution in [0.25, 0.3) is 0 Å². The van der Waals surface area contributed by atoms with Crippen molar-refractivity contribution in [1.29, 1.82) is 0 Å². The molecule has 0 aromatic rings. The number of nitrogens with two attached hydrogens (primary N) is 1. The van der Waals surface area contributed by atoms with Gasteiger partial charge in [0.2, 0.25) is 5.91 Å². The molecule has 0 aromatic heterocycles. The zero-order chi connectivity index (χ0) is 8.69. The minimum absolute atomic E-state index is 0.251. The average Bonchev–Trinajstić information content (AvgIpc) is 1.86. The van der Waals surface area contributed by atoms with Gasteiger partial charge in [-0.2, -0.15) is 4.99 Å². The first-order valence-electron chi connectivity index (χ1n) is 3.29. The van der Waals surface area contributed by atoms with Gasteiger partial charge in [-0.3, -0.25) is 4.79 Å². The third kappa shape index (κ3) is 7.35. The summed E-state index contributed by atoms with van der Waals surface area (Å²) >= 11 is 1.37. The van der Waals surface area contributed by atoms with Crippen molar-refractivity contribution in [2.45, 2.75) is 6.92 Å². The second-order valence-electron chi connectivity index (χ2n) is 1.92. The van der Waals surface area contributed by atoms with Crippen LogP contribution in [-0.2, 0) is 4.79 Å². The molecule has 0 aliphatic carbocycles. The van der Waals surface area contributed by atoms with Crippen molar-refractivity contribution in [1.82, 2.24) is 5.32 Å². The first kappa shape index (κ1) is 10.4. The van der Waals surface area contributed by atoms with Crippen LogP contribution in [0.5, 0.6) is 0 Å². The molecule has 0 heterocycles. The number of aliphatic imine (C=N–C) groups is 1. The summed E-state index contributed by atoms with van der Waals surface area (Å²) in [6.07, 6.45) is 0. The lowest BCUT2D eigenvalue weighted by molar-refractivity contribution is -0.115. The molecule has 4 nitrogen and oxygen atoms in total. The van der Waals surface area contributed by atoms with Crippen molar-refractivity contribution in [3.05, 3.63) is 0 Å². The number of hydrogen-bond donors (Lipinski definition) is 2. The zero-order valence-corrected chi connectivity index (χ0v) is 7.57. The number of carbonyl (C=O) groups excluding carboxylic acids is 1. The highest BCUT2D eigenvalue weighted by molar-refractivity contribution is 8.13. The van der Waals surface area contributed by atoms with E-state index in [9.17, 15) is 4.79 Å². The van der Waals surface area contributed by atoms with Gasteiger partial charge < -0.3 is 11.1 Å². The molecular formula is C6H13N3OS. The van der Waals surface area contributed by atoms with Gasteiger partial charge in [0.05, 0.1) is 0 Å². The topological polar surface area (TPSA) is 67.5 Å². The summed E-state index contributed by atoms with van der Waals surface area (Å²) in [6, 6.07) is 0. The predicted octanol–water partition coefficient (Wildman–Crippen LogP) is -0.200. The molecule has 0 rings (SSSR count). The van der Waals surface area contributed by atoms with Crippen molar-refractivity contribution >= 4 is 22.8 Å². The molecular weight excluding hydrogens is 162 g/mol. The van der Waals surface area contributed by atoms with Crippen LogP contribution in [0.3, 0.4) is 0 Å². The van der Waals surface area contributed by atoms with Crippen molar-refractivity contribution < 1.29 is 4.79 Å². The fraction of sp³-hybridized carbons (Fsp3) is 0.667. The standard InChI is InChI=1S/C6H13N3OS/c1-5(10)9-6(7)11-4-3-8-2/h8H,3-4H2,1-2H3,(H2,7,9,10). The minimum atomic E-state index is -0.251. The summed E-state index contributed by atoms with van der Waals surface area (Å²) in [5, 5.41) is 3.30. The summed E-state index contributed by atoms with van der Waals surface area (Å²) in [5.41, 5.74) is 5.38. The lowest BCUT2D eigenvalue weighted by Crippen LogP contribution is -2.15. The number of carbonyl (C=O) groups is 1. The molecule has 0 unspecified atom stereocenters. The van der Waals surface area contributed by atoms with Crippen LogP contribution >= 0.6 is 11.8 Å². The molecule has 0 saturated carbocycles. The van der Waals surface area contributed by atoms with E-state index in [4.69, 9.17) is 5.73 Å². The Morgan fingerprint density at radius 3 is 2.82 bits per heavy atom. The van der Waals surface area contributed by atoms with Gasteiger partial charge in [-0.25, -0.2) is 0 Å². The Morgan fingerprint density at radius 1 is 1.73 bits per heavy atom. The second kappa shape index (κ2) is 6.18. The number of amidine groups is 1. The van der Waals surface area contributed by atoms with E-state index in [0.717, 1.165) is 12.3 Å². The van der Waals surface area contributed by atoms with Crippen LogP contribution in [-0.4, -0.2) is 30.4 Å². The van der Waals surface area contributed by atoms with Gasteiger partial charge in [0.25, 0.3) is 0 Å². The van der Waals surface area contributed by atoms with Crippen LogP contribution in [0.4, 0.5) is 0 Å². The maximum Gasteiger partial charge on any atom is 0.244 e. The maximum absolute atomic E-state index is 10.4. The molecule has 64 valence electrons. The third-order valence-corrected chi connectivity index (χ3v) is 1.66. The average molecular weight is 175 g/mol. The molecule has 0 spiro atoms. The molecule has 0 radical (unpaired) electrons. The highest BCUT2D eigenvalue weighted by Gasteiger charge is 1.94. The highest BCUT2D eigenvalue weighted by Crippen LogP contribution is 1.97. The predicted molar refractivity (Wildman–Crippen MR) is 48.7 cm³/mol. The molecule has 0 bridgehead atoms. The van der Waals surface area contributed by atoms with Gasteiger partial charge in [0.15, 0.2) is 5.17 Å². The summed E-state index contributed by atoms with van der Waals surface area (Å²) in [6.45, 7) is 2.24. The molecule has 0 saturated heterocycles. The van der Waals surface area contributed by atoms with E-state index in [0.29, 0.717) is 5.17 Å². The van der Waals surface area contributed by atoms with E-state index in [1.165, 1.54) is 18.7 Å². The molecule has 0 aliphatic rings. The van der Waals surface area contributed by atoms with Crippen LogP contribution in [0.15, 0.2) is 4.99 Å². The van der Waals surface area contributed by atoms with Crippen molar-refractivity contribution in [2.24, 2.45) is 10.7 Å². The fourth-order valence-corrected chi connectivity index (χ4v) is 1.15. The van der Waals surface area contributed by atoms with Crippen molar-refractivity contribution in [3.8, 4) is 0 Å². The number of nitrogens with zero attached hydrogens (tertiary/aromatic N) is 1. The Labute approximate surface area is 70.6 Å². The largest absolute Gasteiger partial charge is 0.378 e. The summed E-state index contributed by atoms with van der Waals surface area (Å²) < 4.78 is 0. The number of amides is 1. The molecule has 11 heavy (non-hydrogen) atoms. The molecule has 5 heteroatoms. The van der Waals surface area contributed by atoms with Gasteiger partial charge in [-0.15, -0.1) is 0 Å². The molecule has 0 atom stereocenters. The fourth-order valence-electron chi connectivity index (χ4n) is 0.445. The number of nitrogens with one attached hydrogen (secondary N) is 1. The Morgan fingerprint density at radius 2 is 2.36 bits per heavy atom. The first-order valence-corrected chi connectivity index (χ1v) is 4.27. The second-order valence-corrected chi connectivity index (χ2v) is 3.04. The van der Waals surface area contributed by atoms with E-state index < -0.39 is 0 Å². The Kier molecular flexibility index (Phi) is 5.87.